The van der Waals surface area contributed by atoms with Gasteiger partial charge in [-0.1, -0.05) is 26.8 Å². The fraction of sp³-hybridized carbons (Fsp3) is 0.632. The molecule has 23 heavy (non-hydrogen) atoms. The van der Waals surface area contributed by atoms with Crippen molar-refractivity contribution in [3.05, 3.63) is 29.3 Å². The van der Waals surface area contributed by atoms with Gasteiger partial charge in [-0.3, -0.25) is 4.79 Å². The van der Waals surface area contributed by atoms with Gasteiger partial charge in [-0.25, -0.2) is 0 Å². The maximum atomic E-state index is 12.7. The molecule has 0 atom stereocenters. The predicted molar refractivity (Wildman–Crippen MR) is 94.6 cm³/mol. The highest BCUT2D eigenvalue weighted by Crippen LogP contribution is 2.28. The van der Waals surface area contributed by atoms with E-state index in [1.165, 1.54) is 5.56 Å². The van der Waals surface area contributed by atoms with E-state index in [0.29, 0.717) is 17.7 Å². The lowest BCUT2D eigenvalue weighted by Crippen LogP contribution is -2.45. The Hall–Kier alpha value is -1.39. The highest BCUT2D eigenvalue weighted by molar-refractivity contribution is 5.99. The summed E-state index contributed by atoms with van der Waals surface area (Å²) in [5, 5.41) is 0. The SMILES string of the molecule is COc1ccc(C(C)(C)C)cc1C(=O)CCN1CCN(C)CC1. The van der Waals surface area contributed by atoms with E-state index in [0.717, 1.165) is 32.7 Å². The molecule has 4 heteroatoms. The van der Waals surface area contributed by atoms with E-state index in [4.69, 9.17) is 4.74 Å². The van der Waals surface area contributed by atoms with Crippen molar-refractivity contribution in [2.45, 2.75) is 32.6 Å². The number of hydrogen-bond donors (Lipinski definition) is 0. The standard InChI is InChI=1S/C19H30N2O2/c1-19(2,3)15-6-7-18(23-5)16(14-15)17(22)8-9-21-12-10-20(4)11-13-21/h6-7,14H,8-13H2,1-5H3. The van der Waals surface area contributed by atoms with Crippen LogP contribution in [0.25, 0.3) is 0 Å². The average molecular weight is 318 g/mol. The summed E-state index contributed by atoms with van der Waals surface area (Å²) >= 11 is 0. The van der Waals surface area contributed by atoms with Gasteiger partial charge < -0.3 is 14.5 Å². The fourth-order valence-electron chi connectivity index (χ4n) is 2.86. The Kier molecular flexibility index (Phi) is 5.82. The molecular formula is C19H30N2O2. The molecule has 1 aliphatic rings. The first-order valence-electron chi connectivity index (χ1n) is 8.44. The lowest BCUT2D eigenvalue weighted by molar-refractivity contribution is 0.0939. The molecule has 0 aliphatic carbocycles. The number of rotatable bonds is 5. The second-order valence-corrected chi connectivity index (χ2v) is 7.48. The Morgan fingerprint density at radius 3 is 2.39 bits per heavy atom. The quantitative estimate of drug-likeness (QED) is 0.782. The smallest absolute Gasteiger partial charge is 0.167 e. The van der Waals surface area contributed by atoms with E-state index in [2.05, 4.69) is 43.7 Å². The molecule has 0 N–H and O–H groups in total. The average Bonchev–Trinajstić information content (AvgIpc) is 2.52. The van der Waals surface area contributed by atoms with Gasteiger partial charge in [0.2, 0.25) is 0 Å². The van der Waals surface area contributed by atoms with Gasteiger partial charge in [0.05, 0.1) is 12.7 Å². The molecular weight excluding hydrogens is 288 g/mol. The molecule has 0 unspecified atom stereocenters. The number of benzene rings is 1. The zero-order chi connectivity index (χ0) is 17.0. The molecule has 4 nitrogen and oxygen atoms in total. The number of methoxy groups -OCH3 is 1. The summed E-state index contributed by atoms with van der Waals surface area (Å²) in [6.07, 6.45) is 0.549. The number of piperazine rings is 1. The first-order chi connectivity index (χ1) is 10.8. The van der Waals surface area contributed by atoms with E-state index in [1.807, 2.05) is 12.1 Å². The Morgan fingerprint density at radius 1 is 1.17 bits per heavy atom. The van der Waals surface area contributed by atoms with Gasteiger partial charge in [-0.2, -0.15) is 0 Å². The molecule has 0 aromatic heterocycles. The molecule has 1 saturated heterocycles. The minimum Gasteiger partial charge on any atom is -0.496 e. The van der Waals surface area contributed by atoms with Gasteiger partial charge in [0.1, 0.15) is 5.75 Å². The lowest BCUT2D eigenvalue weighted by Gasteiger charge is -2.32. The lowest BCUT2D eigenvalue weighted by atomic mass is 9.85. The zero-order valence-electron chi connectivity index (χ0n) is 15.2. The molecule has 1 aromatic rings. The van der Waals surface area contributed by atoms with Crippen LogP contribution in [0.4, 0.5) is 0 Å². The van der Waals surface area contributed by atoms with Crippen LogP contribution in [0.15, 0.2) is 18.2 Å². The normalized spacial score (nSPS) is 17.3. The largest absolute Gasteiger partial charge is 0.496 e. The third-order valence-corrected chi connectivity index (χ3v) is 4.62. The third-order valence-electron chi connectivity index (χ3n) is 4.62. The van der Waals surface area contributed by atoms with Crippen molar-refractivity contribution in [3.63, 3.8) is 0 Å². The number of Topliss-reactive ketones (excluding diaryl/α,β-unsaturated/α-hetero) is 1. The Balaban J connectivity index is 2.05. The summed E-state index contributed by atoms with van der Waals surface area (Å²) in [5.74, 6) is 0.855. The number of ether oxygens (including phenoxy) is 1. The van der Waals surface area contributed by atoms with Crippen molar-refractivity contribution in [2.75, 3.05) is 46.9 Å². The first-order valence-corrected chi connectivity index (χ1v) is 8.44. The van der Waals surface area contributed by atoms with E-state index < -0.39 is 0 Å². The fourth-order valence-corrected chi connectivity index (χ4v) is 2.86. The van der Waals surface area contributed by atoms with E-state index >= 15 is 0 Å². The number of likely N-dealkylation sites (N-methyl/N-ethyl adjacent to an activating group) is 1. The number of carbonyl (C=O) groups is 1. The summed E-state index contributed by atoms with van der Waals surface area (Å²) in [7, 11) is 3.77. The van der Waals surface area contributed by atoms with Crippen LogP contribution >= 0.6 is 0 Å². The zero-order valence-corrected chi connectivity index (χ0v) is 15.2. The molecule has 0 radical (unpaired) electrons. The summed E-state index contributed by atoms with van der Waals surface area (Å²) in [6, 6.07) is 5.98. The van der Waals surface area contributed by atoms with Gasteiger partial charge in [-0.15, -0.1) is 0 Å². The van der Waals surface area contributed by atoms with Crippen LogP contribution in [0.2, 0.25) is 0 Å². The second kappa shape index (κ2) is 7.45. The van der Waals surface area contributed by atoms with Gasteiger partial charge in [0.15, 0.2) is 5.78 Å². The van der Waals surface area contributed by atoms with Crippen LogP contribution in [-0.4, -0.2) is 62.5 Å². The monoisotopic (exact) mass is 318 g/mol. The van der Waals surface area contributed by atoms with Crippen LogP contribution in [0.3, 0.4) is 0 Å². The molecule has 0 amide bonds. The molecule has 1 fully saturated rings. The number of carbonyl (C=O) groups excluding carboxylic acids is 1. The van der Waals surface area contributed by atoms with Crippen molar-refractivity contribution in [1.82, 2.24) is 9.80 Å². The molecule has 128 valence electrons. The van der Waals surface area contributed by atoms with Crippen molar-refractivity contribution < 1.29 is 9.53 Å². The Morgan fingerprint density at radius 2 is 1.83 bits per heavy atom. The van der Waals surface area contributed by atoms with E-state index in [9.17, 15) is 4.79 Å². The maximum absolute atomic E-state index is 12.7. The summed E-state index contributed by atoms with van der Waals surface area (Å²) in [5.41, 5.74) is 1.91. The minimum absolute atomic E-state index is 0.0265. The number of hydrogen-bond acceptors (Lipinski definition) is 4. The van der Waals surface area contributed by atoms with Crippen molar-refractivity contribution in [2.24, 2.45) is 0 Å². The summed E-state index contributed by atoms with van der Waals surface area (Å²) in [6.45, 7) is 11.6. The van der Waals surface area contributed by atoms with Crippen LogP contribution in [-0.2, 0) is 5.41 Å². The van der Waals surface area contributed by atoms with Gasteiger partial charge in [0.25, 0.3) is 0 Å². The van der Waals surface area contributed by atoms with Crippen LogP contribution in [0.5, 0.6) is 5.75 Å². The summed E-state index contributed by atoms with van der Waals surface area (Å²) in [4.78, 5) is 17.4. The molecule has 1 aliphatic heterocycles. The van der Waals surface area contributed by atoms with Crippen molar-refractivity contribution >= 4 is 5.78 Å². The van der Waals surface area contributed by atoms with Crippen LogP contribution in [0, 0.1) is 0 Å². The van der Waals surface area contributed by atoms with Gasteiger partial charge in [0, 0.05) is 39.1 Å². The van der Waals surface area contributed by atoms with Gasteiger partial charge in [-0.05, 0) is 30.2 Å². The molecule has 2 rings (SSSR count). The van der Waals surface area contributed by atoms with Crippen molar-refractivity contribution in [1.29, 1.82) is 0 Å². The Bertz CT molecular complexity index is 541. The molecule has 1 aromatic carbocycles. The molecule has 1 heterocycles. The molecule has 0 bridgehead atoms. The topological polar surface area (TPSA) is 32.8 Å². The van der Waals surface area contributed by atoms with Crippen molar-refractivity contribution in [3.8, 4) is 5.75 Å². The summed E-state index contributed by atoms with van der Waals surface area (Å²) < 4.78 is 5.40. The number of ketones is 1. The third kappa shape index (κ3) is 4.79. The minimum atomic E-state index is 0.0265. The number of nitrogens with zero attached hydrogens (tertiary/aromatic N) is 2. The van der Waals surface area contributed by atoms with Gasteiger partial charge >= 0.3 is 0 Å². The molecule has 0 spiro atoms. The highest BCUT2D eigenvalue weighted by Gasteiger charge is 2.20. The van der Waals surface area contributed by atoms with E-state index in [1.54, 1.807) is 7.11 Å². The van der Waals surface area contributed by atoms with Crippen LogP contribution in [0.1, 0.15) is 43.1 Å². The highest BCUT2D eigenvalue weighted by atomic mass is 16.5. The van der Waals surface area contributed by atoms with E-state index in [-0.39, 0.29) is 11.2 Å². The first kappa shape index (κ1) is 18.0. The predicted octanol–water partition coefficient (Wildman–Crippen LogP) is 2.81. The molecule has 0 saturated carbocycles. The maximum Gasteiger partial charge on any atom is 0.167 e. The Labute approximate surface area is 140 Å². The second-order valence-electron chi connectivity index (χ2n) is 7.48. The van der Waals surface area contributed by atoms with Crippen LogP contribution < -0.4 is 4.74 Å².